The maximum Gasteiger partial charge on any atom is 0.314 e. The van der Waals surface area contributed by atoms with Crippen LogP contribution in [0.5, 0.6) is 5.75 Å². The van der Waals surface area contributed by atoms with E-state index >= 15 is 0 Å². The Hall–Kier alpha value is -2.49. The topological polar surface area (TPSA) is 56.3 Å². The number of hydrogen-bond acceptors (Lipinski definition) is 4. The molecule has 0 bridgehead atoms. The second-order valence-electron chi connectivity index (χ2n) is 5.19. The fourth-order valence-electron chi connectivity index (χ4n) is 2.15. The largest absolute Gasteiger partial charge is 0.426 e. The zero-order chi connectivity index (χ0) is 14.8. The highest BCUT2D eigenvalue weighted by Gasteiger charge is 2.32. The lowest BCUT2D eigenvalue weighted by atomic mass is 10.0. The molecule has 0 N–H and O–H groups in total. The minimum Gasteiger partial charge on any atom is -0.426 e. The summed E-state index contributed by atoms with van der Waals surface area (Å²) in [6, 6.07) is 10.4. The molecule has 4 heteroatoms. The van der Waals surface area contributed by atoms with Crippen molar-refractivity contribution in [3.05, 3.63) is 59.4 Å². The van der Waals surface area contributed by atoms with Gasteiger partial charge in [0.05, 0.1) is 11.5 Å². The molecule has 0 amide bonds. The molecule has 3 rings (SSSR count). The van der Waals surface area contributed by atoms with E-state index in [4.69, 9.17) is 4.74 Å². The summed E-state index contributed by atoms with van der Waals surface area (Å²) in [5, 5.41) is 0. The van der Waals surface area contributed by atoms with E-state index in [1.165, 1.54) is 0 Å². The molecule has 0 unspecified atom stereocenters. The van der Waals surface area contributed by atoms with Gasteiger partial charge in [-0.15, -0.1) is 0 Å². The number of pyridine rings is 1. The molecule has 1 aliphatic carbocycles. The number of carbonyl (C=O) groups excluding carboxylic acids is 2. The van der Waals surface area contributed by atoms with Crippen LogP contribution >= 0.6 is 0 Å². The Bertz CT molecular complexity index is 690. The molecule has 0 atom stereocenters. The van der Waals surface area contributed by atoms with Crippen LogP contribution in [0.2, 0.25) is 0 Å². The number of ketones is 1. The van der Waals surface area contributed by atoms with Gasteiger partial charge in [0.1, 0.15) is 11.4 Å². The van der Waals surface area contributed by atoms with Crippen LogP contribution in [0.3, 0.4) is 0 Å². The van der Waals surface area contributed by atoms with Gasteiger partial charge in [-0.05, 0) is 43.5 Å². The molecule has 2 aromatic rings. The molecule has 4 nitrogen and oxygen atoms in total. The van der Waals surface area contributed by atoms with Crippen molar-refractivity contribution >= 4 is 11.8 Å². The molecule has 1 saturated carbocycles. The molecule has 0 radical (unpaired) electrons. The number of aromatic nitrogens is 1. The monoisotopic (exact) mass is 281 g/mol. The number of ether oxygens (including phenoxy) is 1. The predicted octanol–water partition coefficient (Wildman–Crippen LogP) is 2.94. The average molecular weight is 281 g/mol. The Morgan fingerprint density at radius 1 is 1.14 bits per heavy atom. The lowest BCUT2D eigenvalue weighted by Crippen LogP contribution is -2.14. The SMILES string of the molecule is Cc1cccc(OC(=O)C2CC2)c1C(=O)c1ccccn1. The molecule has 1 fully saturated rings. The van der Waals surface area contributed by atoms with Gasteiger partial charge in [0, 0.05) is 6.20 Å². The highest BCUT2D eigenvalue weighted by molar-refractivity contribution is 6.10. The number of aryl methyl sites for hydroxylation is 1. The van der Waals surface area contributed by atoms with Crippen molar-refractivity contribution in [2.24, 2.45) is 5.92 Å². The third-order valence-corrected chi connectivity index (χ3v) is 3.48. The van der Waals surface area contributed by atoms with Gasteiger partial charge in [-0.25, -0.2) is 0 Å². The highest BCUT2D eigenvalue weighted by Crippen LogP contribution is 2.32. The highest BCUT2D eigenvalue weighted by atomic mass is 16.5. The summed E-state index contributed by atoms with van der Waals surface area (Å²) in [5.41, 5.74) is 1.52. The molecule has 106 valence electrons. The van der Waals surface area contributed by atoms with Crippen LogP contribution in [0.25, 0.3) is 0 Å². The van der Waals surface area contributed by atoms with Crippen molar-refractivity contribution in [1.29, 1.82) is 0 Å². The van der Waals surface area contributed by atoms with Crippen molar-refractivity contribution in [2.75, 3.05) is 0 Å². The minimum atomic E-state index is -0.254. The molecule has 0 saturated heterocycles. The Kier molecular flexibility index (Phi) is 3.52. The van der Waals surface area contributed by atoms with Crippen LogP contribution in [0.4, 0.5) is 0 Å². The molecule has 0 aliphatic heterocycles. The van der Waals surface area contributed by atoms with Gasteiger partial charge in [-0.2, -0.15) is 0 Å². The summed E-state index contributed by atoms with van der Waals surface area (Å²) in [6.45, 7) is 1.82. The van der Waals surface area contributed by atoms with Gasteiger partial charge in [0.15, 0.2) is 0 Å². The Balaban J connectivity index is 1.96. The molecule has 1 aromatic heterocycles. The number of benzene rings is 1. The van der Waals surface area contributed by atoms with E-state index in [2.05, 4.69) is 4.98 Å². The minimum absolute atomic E-state index is 0.0108. The van der Waals surface area contributed by atoms with Gasteiger partial charge in [0.2, 0.25) is 5.78 Å². The van der Waals surface area contributed by atoms with Crippen molar-refractivity contribution in [3.8, 4) is 5.75 Å². The molecular weight excluding hydrogens is 266 g/mol. The van der Waals surface area contributed by atoms with Gasteiger partial charge in [0.25, 0.3) is 0 Å². The maximum atomic E-state index is 12.6. The Labute approximate surface area is 122 Å². The molecular formula is C17H15NO3. The summed E-state index contributed by atoms with van der Waals surface area (Å²) < 4.78 is 5.41. The Morgan fingerprint density at radius 3 is 2.62 bits per heavy atom. The zero-order valence-electron chi connectivity index (χ0n) is 11.7. The first kappa shape index (κ1) is 13.5. The normalized spacial score (nSPS) is 13.8. The lowest BCUT2D eigenvalue weighted by molar-refractivity contribution is -0.135. The van der Waals surface area contributed by atoms with Crippen LogP contribution in [0, 0.1) is 12.8 Å². The van der Waals surface area contributed by atoms with E-state index in [0.717, 1.165) is 18.4 Å². The van der Waals surface area contributed by atoms with Crippen molar-refractivity contribution in [1.82, 2.24) is 4.98 Å². The number of carbonyl (C=O) groups is 2. The number of hydrogen-bond donors (Lipinski definition) is 0. The second kappa shape index (κ2) is 5.48. The average Bonchev–Trinajstić information content (AvgIpc) is 3.32. The fourth-order valence-corrected chi connectivity index (χ4v) is 2.15. The van der Waals surface area contributed by atoms with E-state index in [1.54, 1.807) is 36.5 Å². The van der Waals surface area contributed by atoms with Crippen LogP contribution < -0.4 is 4.74 Å². The van der Waals surface area contributed by atoms with Crippen LogP contribution in [0.1, 0.15) is 34.5 Å². The summed E-state index contributed by atoms with van der Waals surface area (Å²) in [5.74, 6) is -0.172. The number of esters is 1. The third-order valence-electron chi connectivity index (χ3n) is 3.48. The van der Waals surface area contributed by atoms with E-state index in [0.29, 0.717) is 17.0 Å². The molecule has 1 aromatic carbocycles. The zero-order valence-corrected chi connectivity index (χ0v) is 11.7. The molecule has 1 heterocycles. The quantitative estimate of drug-likeness (QED) is 0.491. The summed E-state index contributed by atoms with van der Waals surface area (Å²) in [7, 11) is 0. The van der Waals surface area contributed by atoms with E-state index in [-0.39, 0.29) is 17.7 Å². The first-order chi connectivity index (χ1) is 10.2. The van der Waals surface area contributed by atoms with Gasteiger partial charge in [-0.3, -0.25) is 14.6 Å². The van der Waals surface area contributed by atoms with Crippen LogP contribution in [-0.4, -0.2) is 16.7 Å². The van der Waals surface area contributed by atoms with Gasteiger partial charge < -0.3 is 4.74 Å². The van der Waals surface area contributed by atoms with Crippen LogP contribution in [-0.2, 0) is 4.79 Å². The third kappa shape index (κ3) is 2.84. The van der Waals surface area contributed by atoms with E-state index < -0.39 is 0 Å². The second-order valence-corrected chi connectivity index (χ2v) is 5.19. The smallest absolute Gasteiger partial charge is 0.314 e. The first-order valence-electron chi connectivity index (χ1n) is 6.94. The van der Waals surface area contributed by atoms with E-state index in [1.807, 2.05) is 13.0 Å². The Morgan fingerprint density at radius 2 is 1.95 bits per heavy atom. The van der Waals surface area contributed by atoms with Gasteiger partial charge in [-0.1, -0.05) is 18.2 Å². The maximum absolute atomic E-state index is 12.6. The predicted molar refractivity (Wildman–Crippen MR) is 77.2 cm³/mol. The first-order valence-corrected chi connectivity index (χ1v) is 6.94. The van der Waals surface area contributed by atoms with Crippen molar-refractivity contribution in [2.45, 2.75) is 19.8 Å². The standard InChI is InChI=1S/C17H15NO3/c1-11-5-4-7-14(21-17(20)12-8-9-12)15(11)16(19)13-6-2-3-10-18-13/h2-7,10,12H,8-9H2,1H3. The molecule has 21 heavy (non-hydrogen) atoms. The number of nitrogens with zero attached hydrogens (tertiary/aromatic N) is 1. The fraction of sp³-hybridized carbons (Fsp3) is 0.235. The van der Waals surface area contributed by atoms with Crippen molar-refractivity contribution in [3.63, 3.8) is 0 Å². The van der Waals surface area contributed by atoms with Gasteiger partial charge >= 0.3 is 5.97 Å². The number of rotatable bonds is 4. The summed E-state index contributed by atoms with van der Waals surface area (Å²) in [6.07, 6.45) is 3.31. The summed E-state index contributed by atoms with van der Waals surface area (Å²) in [4.78, 5) is 28.5. The molecule has 0 spiro atoms. The van der Waals surface area contributed by atoms with E-state index in [9.17, 15) is 9.59 Å². The lowest BCUT2D eigenvalue weighted by Gasteiger charge is -2.11. The molecule has 1 aliphatic rings. The van der Waals surface area contributed by atoms with Crippen LogP contribution in [0.15, 0.2) is 42.6 Å². The summed E-state index contributed by atoms with van der Waals surface area (Å²) >= 11 is 0. The van der Waals surface area contributed by atoms with Crippen molar-refractivity contribution < 1.29 is 14.3 Å².